The smallest absolute Gasteiger partial charge is 0.156 e. The first-order valence-corrected chi connectivity index (χ1v) is 5.34. The molecular formula is C11H10ClN3O2. The fourth-order valence-corrected chi connectivity index (χ4v) is 1.63. The van der Waals surface area contributed by atoms with Gasteiger partial charge in [0, 0.05) is 0 Å². The Bertz CT molecular complexity index is 526. The molecule has 2 rings (SSSR count). The van der Waals surface area contributed by atoms with Crippen molar-refractivity contribution >= 4 is 23.7 Å². The Hall–Kier alpha value is -1.88. The quantitative estimate of drug-likeness (QED) is 0.668. The van der Waals surface area contributed by atoms with Crippen LogP contribution in [-0.4, -0.2) is 16.3 Å². The summed E-state index contributed by atoms with van der Waals surface area (Å²) >= 11 is 5.85. The number of nitrogens with zero attached hydrogens (tertiary/aromatic N) is 2. The van der Waals surface area contributed by atoms with Crippen molar-refractivity contribution in [2.75, 3.05) is 5.32 Å². The van der Waals surface area contributed by atoms with E-state index in [1.165, 1.54) is 0 Å². The standard InChI is InChI=1S/C11H10ClN3O2/c1-7-14-10(12)9(6-16)11(15-7)13-5-8-3-2-4-17-8/h2-4,6H,5H2,1H3,(H,13,14,15). The van der Waals surface area contributed by atoms with E-state index in [1.54, 1.807) is 19.3 Å². The van der Waals surface area contributed by atoms with Crippen LogP contribution in [0.15, 0.2) is 22.8 Å². The van der Waals surface area contributed by atoms with Crippen LogP contribution in [0.2, 0.25) is 5.15 Å². The molecule has 0 spiro atoms. The first-order chi connectivity index (χ1) is 8.20. The molecule has 0 saturated carbocycles. The monoisotopic (exact) mass is 251 g/mol. The molecule has 0 amide bonds. The lowest BCUT2D eigenvalue weighted by atomic mass is 10.3. The molecule has 0 radical (unpaired) electrons. The van der Waals surface area contributed by atoms with Crippen LogP contribution in [0.5, 0.6) is 0 Å². The van der Waals surface area contributed by atoms with E-state index in [4.69, 9.17) is 16.0 Å². The Morgan fingerprint density at radius 2 is 2.35 bits per heavy atom. The van der Waals surface area contributed by atoms with Crippen molar-refractivity contribution in [3.63, 3.8) is 0 Å². The van der Waals surface area contributed by atoms with Crippen molar-refractivity contribution in [1.82, 2.24) is 9.97 Å². The highest BCUT2D eigenvalue weighted by Crippen LogP contribution is 2.19. The minimum atomic E-state index is 0.148. The van der Waals surface area contributed by atoms with Gasteiger partial charge in [0.25, 0.3) is 0 Å². The summed E-state index contributed by atoms with van der Waals surface area (Å²) in [6.45, 7) is 2.14. The number of aryl methyl sites for hydroxylation is 1. The maximum absolute atomic E-state index is 10.9. The Morgan fingerprint density at radius 1 is 1.53 bits per heavy atom. The van der Waals surface area contributed by atoms with E-state index in [-0.39, 0.29) is 10.7 Å². The van der Waals surface area contributed by atoms with Gasteiger partial charge in [0.15, 0.2) is 6.29 Å². The van der Waals surface area contributed by atoms with E-state index in [0.717, 1.165) is 5.76 Å². The van der Waals surface area contributed by atoms with Gasteiger partial charge < -0.3 is 9.73 Å². The molecule has 6 heteroatoms. The van der Waals surface area contributed by atoms with Crippen LogP contribution in [0, 0.1) is 6.92 Å². The summed E-state index contributed by atoms with van der Waals surface area (Å²) in [5.41, 5.74) is 0.254. The number of nitrogens with one attached hydrogen (secondary N) is 1. The normalized spacial score (nSPS) is 10.2. The average molecular weight is 252 g/mol. The van der Waals surface area contributed by atoms with Gasteiger partial charge in [-0.05, 0) is 19.1 Å². The molecule has 0 fully saturated rings. The van der Waals surface area contributed by atoms with E-state index in [1.807, 2.05) is 6.07 Å². The zero-order valence-corrected chi connectivity index (χ0v) is 9.86. The molecule has 0 aliphatic carbocycles. The molecular weight excluding hydrogens is 242 g/mol. The van der Waals surface area contributed by atoms with Crippen molar-refractivity contribution in [3.8, 4) is 0 Å². The van der Waals surface area contributed by atoms with Crippen LogP contribution < -0.4 is 5.32 Å². The average Bonchev–Trinajstić information content (AvgIpc) is 2.78. The molecule has 88 valence electrons. The molecule has 1 N–H and O–H groups in total. The van der Waals surface area contributed by atoms with Crippen LogP contribution in [0.4, 0.5) is 5.82 Å². The summed E-state index contributed by atoms with van der Waals surface area (Å²) in [5, 5.41) is 3.14. The first kappa shape index (κ1) is 11.6. The largest absolute Gasteiger partial charge is 0.467 e. The Morgan fingerprint density at radius 3 is 3.00 bits per heavy atom. The van der Waals surface area contributed by atoms with Crippen molar-refractivity contribution in [1.29, 1.82) is 0 Å². The molecule has 0 bridgehead atoms. The number of carbonyl (C=O) groups is 1. The SMILES string of the molecule is Cc1nc(Cl)c(C=O)c(NCc2ccco2)n1. The number of carbonyl (C=O) groups excluding carboxylic acids is 1. The summed E-state index contributed by atoms with van der Waals surface area (Å²) in [4.78, 5) is 18.9. The molecule has 2 aromatic heterocycles. The predicted molar refractivity (Wildman–Crippen MR) is 63.2 cm³/mol. The molecule has 0 atom stereocenters. The minimum Gasteiger partial charge on any atom is -0.467 e. The zero-order chi connectivity index (χ0) is 12.3. The number of halogens is 1. The van der Waals surface area contributed by atoms with Crippen LogP contribution in [0.1, 0.15) is 21.9 Å². The second-order valence-corrected chi connectivity index (χ2v) is 3.73. The van der Waals surface area contributed by atoms with Crippen LogP contribution >= 0.6 is 11.6 Å². The number of aromatic nitrogens is 2. The highest BCUT2D eigenvalue weighted by molar-refractivity contribution is 6.32. The van der Waals surface area contributed by atoms with Gasteiger partial charge in [-0.15, -0.1) is 0 Å². The topological polar surface area (TPSA) is 68.0 Å². The van der Waals surface area contributed by atoms with Crippen molar-refractivity contribution in [2.24, 2.45) is 0 Å². The van der Waals surface area contributed by atoms with E-state index in [9.17, 15) is 4.79 Å². The third kappa shape index (κ3) is 2.62. The van der Waals surface area contributed by atoms with Gasteiger partial charge in [0.2, 0.25) is 0 Å². The number of hydrogen-bond donors (Lipinski definition) is 1. The Labute approximate surface area is 103 Å². The summed E-state index contributed by atoms with van der Waals surface area (Å²) in [5.74, 6) is 1.66. The fraction of sp³-hybridized carbons (Fsp3) is 0.182. The van der Waals surface area contributed by atoms with E-state index < -0.39 is 0 Å². The maximum Gasteiger partial charge on any atom is 0.156 e. The van der Waals surface area contributed by atoms with Crippen LogP contribution in [-0.2, 0) is 6.54 Å². The summed E-state index contributed by atoms with van der Waals surface area (Å²) in [7, 11) is 0. The van der Waals surface area contributed by atoms with E-state index in [2.05, 4.69) is 15.3 Å². The number of rotatable bonds is 4. The zero-order valence-electron chi connectivity index (χ0n) is 9.11. The lowest BCUT2D eigenvalue weighted by Crippen LogP contribution is -2.06. The molecule has 0 unspecified atom stereocenters. The van der Waals surface area contributed by atoms with Gasteiger partial charge in [0.05, 0.1) is 18.4 Å². The first-order valence-electron chi connectivity index (χ1n) is 4.96. The van der Waals surface area contributed by atoms with Crippen molar-refractivity contribution in [2.45, 2.75) is 13.5 Å². The third-order valence-corrected chi connectivity index (χ3v) is 2.43. The van der Waals surface area contributed by atoms with E-state index >= 15 is 0 Å². The van der Waals surface area contributed by atoms with E-state index in [0.29, 0.717) is 24.5 Å². The third-order valence-electron chi connectivity index (χ3n) is 2.14. The van der Waals surface area contributed by atoms with Gasteiger partial charge in [-0.1, -0.05) is 11.6 Å². The number of anilines is 1. The second-order valence-electron chi connectivity index (χ2n) is 3.37. The Kier molecular flexibility index (Phi) is 3.39. The minimum absolute atomic E-state index is 0.148. The number of furan rings is 1. The summed E-state index contributed by atoms with van der Waals surface area (Å²) in [6, 6.07) is 3.61. The fourth-order valence-electron chi connectivity index (χ4n) is 1.37. The predicted octanol–water partition coefficient (Wildman–Crippen LogP) is 2.46. The number of hydrogen-bond acceptors (Lipinski definition) is 5. The highest BCUT2D eigenvalue weighted by atomic mass is 35.5. The molecule has 0 saturated heterocycles. The Balaban J connectivity index is 2.22. The van der Waals surface area contributed by atoms with Gasteiger partial charge in [0.1, 0.15) is 22.6 Å². The molecule has 2 aromatic rings. The lowest BCUT2D eigenvalue weighted by Gasteiger charge is -2.08. The van der Waals surface area contributed by atoms with Gasteiger partial charge in [-0.2, -0.15) is 0 Å². The van der Waals surface area contributed by atoms with Gasteiger partial charge in [-0.3, -0.25) is 4.79 Å². The van der Waals surface area contributed by atoms with Crippen molar-refractivity contribution in [3.05, 3.63) is 40.7 Å². The van der Waals surface area contributed by atoms with Crippen LogP contribution in [0.25, 0.3) is 0 Å². The van der Waals surface area contributed by atoms with Crippen LogP contribution in [0.3, 0.4) is 0 Å². The lowest BCUT2D eigenvalue weighted by molar-refractivity contribution is 0.112. The molecule has 0 aromatic carbocycles. The second kappa shape index (κ2) is 4.97. The molecule has 17 heavy (non-hydrogen) atoms. The maximum atomic E-state index is 10.9. The number of aldehydes is 1. The summed E-state index contributed by atoms with van der Waals surface area (Å²) < 4.78 is 5.16. The molecule has 5 nitrogen and oxygen atoms in total. The molecule has 0 aliphatic rings. The van der Waals surface area contributed by atoms with Gasteiger partial charge in [-0.25, -0.2) is 9.97 Å². The molecule has 2 heterocycles. The van der Waals surface area contributed by atoms with Crippen molar-refractivity contribution < 1.29 is 9.21 Å². The van der Waals surface area contributed by atoms with Gasteiger partial charge >= 0.3 is 0 Å². The highest BCUT2D eigenvalue weighted by Gasteiger charge is 2.10. The molecule has 0 aliphatic heterocycles. The summed E-state index contributed by atoms with van der Waals surface area (Å²) in [6.07, 6.45) is 2.21.